The highest BCUT2D eigenvalue weighted by molar-refractivity contribution is 6.30. The molecule has 0 aliphatic carbocycles. The van der Waals surface area contributed by atoms with Crippen LogP contribution in [0.1, 0.15) is 49.3 Å². The summed E-state index contributed by atoms with van der Waals surface area (Å²) in [6.45, 7) is 2.14. The number of unbranched alkanes of at least 4 members (excludes halogenated alkanes) is 1. The van der Waals surface area contributed by atoms with E-state index in [2.05, 4.69) is 22.0 Å². The molecule has 2 heterocycles. The molecule has 1 N–H and O–H groups in total. The van der Waals surface area contributed by atoms with Crippen molar-refractivity contribution >= 4 is 23.7 Å². The van der Waals surface area contributed by atoms with Gasteiger partial charge in [0, 0.05) is 12.8 Å². The summed E-state index contributed by atoms with van der Waals surface area (Å²) in [5.41, 5.74) is 2.66. The van der Waals surface area contributed by atoms with Crippen molar-refractivity contribution in [3.63, 3.8) is 0 Å². The molecule has 5 nitrogen and oxygen atoms in total. The van der Waals surface area contributed by atoms with Crippen LogP contribution in [0.5, 0.6) is 0 Å². The zero-order valence-corrected chi connectivity index (χ0v) is 13.8. The number of benzene rings is 1. The summed E-state index contributed by atoms with van der Waals surface area (Å²) in [5.74, 6) is 0.867. The smallest absolute Gasteiger partial charge is 0.230 e. The van der Waals surface area contributed by atoms with Crippen LogP contribution in [0.4, 0.5) is 0 Å². The van der Waals surface area contributed by atoms with Crippen LogP contribution in [0.15, 0.2) is 35.4 Å². The van der Waals surface area contributed by atoms with Crippen molar-refractivity contribution in [1.82, 2.24) is 15.0 Å². The Labute approximate surface area is 140 Å². The lowest BCUT2D eigenvalue weighted by molar-refractivity contribution is -0.119. The van der Waals surface area contributed by atoms with E-state index < -0.39 is 0 Å². The van der Waals surface area contributed by atoms with Crippen molar-refractivity contribution in [3.8, 4) is 0 Å². The van der Waals surface area contributed by atoms with Gasteiger partial charge in [-0.05, 0) is 12.0 Å². The van der Waals surface area contributed by atoms with Crippen molar-refractivity contribution in [2.24, 2.45) is 5.10 Å². The van der Waals surface area contributed by atoms with Crippen molar-refractivity contribution in [2.45, 2.75) is 38.6 Å². The van der Waals surface area contributed by atoms with E-state index in [0.29, 0.717) is 11.6 Å². The van der Waals surface area contributed by atoms with Gasteiger partial charge in [-0.1, -0.05) is 55.3 Å². The number of carbonyl (C=O) groups excluding carboxylic acids is 1. The van der Waals surface area contributed by atoms with Gasteiger partial charge in [-0.2, -0.15) is 5.10 Å². The standard InChI is InChI=1S/C17H19ClN4O/c1-2-3-9-15-19-16(17(18)20-15)14-10-13(21-22(14)11-23)12-7-5-4-6-8-12/h4-8,11,14H,2-3,9-10H2,1H3,(H,19,20). The van der Waals surface area contributed by atoms with Gasteiger partial charge in [0.05, 0.1) is 11.4 Å². The van der Waals surface area contributed by atoms with Gasteiger partial charge in [0.25, 0.3) is 0 Å². The van der Waals surface area contributed by atoms with Crippen molar-refractivity contribution < 1.29 is 4.79 Å². The van der Waals surface area contributed by atoms with Crippen LogP contribution in [-0.4, -0.2) is 27.1 Å². The fourth-order valence-corrected chi connectivity index (χ4v) is 3.04. The first-order chi connectivity index (χ1) is 11.2. The maximum Gasteiger partial charge on any atom is 0.230 e. The summed E-state index contributed by atoms with van der Waals surface area (Å²) in [6, 6.07) is 9.64. The molecular formula is C17H19ClN4O. The number of amides is 1. The monoisotopic (exact) mass is 330 g/mol. The number of nitrogens with zero attached hydrogens (tertiary/aromatic N) is 3. The number of rotatable bonds is 6. The predicted molar refractivity (Wildman–Crippen MR) is 90.4 cm³/mol. The van der Waals surface area contributed by atoms with Gasteiger partial charge >= 0.3 is 0 Å². The van der Waals surface area contributed by atoms with Crippen molar-refractivity contribution in [3.05, 3.63) is 52.6 Å². The molecule has 1 aromatic carbocycles. The number of aromatic amines is 1. The highest BCUT2D eigenvalue weighted by Gasteiger charge is 2.32. The van der Waals surface area contributed by atoms with E-state index in [-0.39, 0.29) is 6.04 Å². The van der Waals surface area contributed by atoms with E-state index in [1.165, 1.54) is 5.01 Å². The Kier molecular flexibility index (Phi) is 4.76. The minimum atomic E-state index is -0.224. The first kappa shape index (κ1) is 15.7. The zero-order chi connectivity index (χ0) is 16.2. The van der Waals surface area contributed by atoms with E-state index in [1.807, 2.05) is 30.3 Å². The maximum atomic E-state index is 11.4. The third-order valence-corrected chi connectivity index (χ3v) is 4.28. The van der Waals surface area contributed by atoms with Gasteiger partial charge in [-0.3, -0.25) is 4.79 Å². The molecule has 0 bridgehead atoms. The Balaban J connectivity index is 1.84. The number of nitrogens with one attached hydrogen (secondary N) is 1. The van der Waals surface area contributed by atoms with Gasteiger partial charge < -0.3 is 4.98 Å². The van der Waals surface area contributed by atoms with Crippen LogP contribution in [0.3, 0.4) is 0 Å². The fraction of sp³-hybridized carbons (Fsp3) is 0.353. The summed E-state index contributed by atoms with van der Waals surface area (Å²) in [5, 5.41) is 6.27. The van der Waals surface area contributed by atoms with Crippen molar-refractivity contribution in [1.29, 1.82) is 0 Å². The third kappa shape index (κ3) is 3.29. The Hall–Kier alpha value is -2.14. The second kappa shape index (κ2) is 6.96. The Morgan fingerprint density at radius 1 is 1.39 bits per heavy atom. The lowest BCUT2D eigenvalue weighted by Crippen LogP contribution is -2.18. The second-order valence-corrected chi connectivity index (χ2v) is 5.97. The Morgan fingerprint density at radius 2 is 2.17 bits per heavy atom. The molecule has 0 saturated heterocycles. The summed E-state index contributed by atoms with van der Waals surface area (Å²) < 4.78 is 0. The van der Waals surface area contributed by atoms with Gasteiger partial charge in [0.1, 0.15) is 11.9 Å². The molecule has 1 aliphatic rings. The molecule has 0 saturated carbocycles. The molecule has 6 heteroatoms. The normalized spacial score (nSPS) is 17.4. The van der Waals surface area contributed by atoms with Gasteiger partial charge in [-0.25, -0.2) is 9.99 Å². The lowest BCUT2D eigenvalue weighted by atomic mass is 10.0. The molecule has 1 aliphatic heterocycles. The first-order valence-electron chi connectivity index (χ1n) is 7.83. The average molecular weight is 331 g/mol. The van der Waals surface area contributed by atoms with Crippen LogP contribution in [0, 0.1) is 0 Å². The van der Waals surface area contributed by atoms with E-state index in [9.17, 15) is 4.79 Å². The van der Waals surface area contributed by atoms with E-state index in [0.717, 1.165) is 48.5 Å². The zero-order valence-electron chi connectivity index (χ0n) is 13.0. The average Bonchev–Trinajstić information content (AvgIpc) is 3.16. The number of halogens is 1. The van der Waals surface area contributed by atoms with Crippen LogP contribution < -0.4 is 0 Å². The van der Waals surface area contributed by atoms with Crippen LogP contribution >= 0.6 is 11.6 Å². The molecule has 1 amide bonds. The molecule has 2 aromatic rings. The van der Waals surface area contributed by atoms with Gasteiger partial charge in [-0.15, -0.1) is 0 Å². The van der Waals surface area contributed by atoms with Gasteiger partial charge in [0.15, 0.2) is 5.15 Å². The second-order valence-electron chi connectivity index (χ2n) is 5.61. The molecule has 0 radical (unpaired) electrons. The van der Waals surface area contributed by atoms with Gasteiger partial charge in [0.2, 0.25) is 6.41 Å². The molecule has 120 valence electrons. The van der Waals surface area contributed by atoms with Crippen LogP contribution in [-0.2, 0) is 11.2 Å². The topological polar surface area (TPSA) is 61.4 Å². The Morgan fingerprint density at radius 3 is 2.87 bits per heavy atom. The molecule has 0 spiro atoms. The molecule has 3 rings (SSSR count). The molecule has 1 atom stereocenters. The number of aromatic nitrogens is 2. The number of imidazole rings is 1. The fourth-order valence-electron chi connectivity index (χ4n) is 2.76. The molecular weight excluding hydrogens is 312 g/mol. The van der Waals surface area contributed by atoms with Crippen LogP contribution in [0.25, 0.3) is 0 Å². The molecule has 23 heavy (non-hydrogen) atoms. The largest absolute Gasteiger partial charge is 0.343 e. The predicted octanol–water partition coefficient (Wildman–Crippen LogP) is 3.71. The Bertz CT molecular complexity index is 711. The SMILES string of the molecule is CCCCc1nc(Cl)c(C2CC(c3ccccc3)=NN2C=O)[nH]1. The van der Waals surface area contributed by atoms with Crippen LogP contribution in [0.2, 0.25) is 5.15 Å². The minimum absolute atomic E-state index is 0.224. The number of hydrazone groups is 1. The lowest BCUT2D eigenvalue weighted by Gasteiger charge is -2.15. The summed E-state index contributed by atoms with van der Waals surface area (Å²) in [6.07, 6.45) is 4.37. The van der Waals surface area contributed by atoms with E-state index >= 15 is 0 Å². The number of carbonyl (C=O) groups is 1. The summed E-state index contributed by atoms with van der Waals surface area (Å²) in [4.78, 5) is 19.1. The highest BCUT2D eigenvalue weighted by atomic mass is 35.5. The minimum Gasteiger partial charge on any atom is -0.343 e. The summed E-state index contributed by atoms with van der Waals surface area (Å²) >= 11 is 6.28. The number of hydrogen-bond donors (Lipinski definition) is 1. The van der Waals surface area contributed by atoms with Crippen molar-refractivity contribution in [2.75, 3.05) is 0 Å². The molecule has 1 unspecified atom stereocenters. The number of aryl methyl sites for hydroxylation is 1. The summed E-state index contributed by atoms with van der Waals surface area (Å²) in [7, 11) is 0. The molecule has 1 aromatic heterocycles. The van der Waals surface area contributed by atoms with E-state index in [4.69, 9.17) is 11.6 Å². The highest BCUT2D eigenvalue weighted by Crippen LogP contribution is 2.34. The van der Waals surface area contributed by atoms with E-state index in [1.54, 1.807) is 0 Å². The molecule has 0 fully saturated rings. The quantitative estimate of drug-likeness (QED) is 0.821. The first-order valence-corrected chi connectivity index (χ1v) is 8.21. The maximum absolute atomic E-state index is 11.4. The third-order valence-electron chi connectivity index (χ3n) is 3.99. The number of hydrogen-bond acceptors (Lipinski definition) is 3. The number of H-pyrrole nitrogens is 1.